The Hall–Kier alpha value is -1.02. The van der Waals surface area contributed by atoms with E-state index in [0.29, 0.717) is 0 Å². The highest BCUT2D eigenvalue weighted by atomic mass is 35.5. The van der Waals surface area contributed by atoms with Crippen LogP contribution < -0.4 is 0 Å². The molecule has 3 heteroatoms. The molecule has 0 bridgehead atoms. The Morgan fingerprint density at radius 2 is 1.84 bits per heavy atom. The Morgan fingerprint density at radius 3 is 2.37 bits per heavy atom. The quantitative estimate of drug-likeness (QED) is 0.815. The van der Waals surface area contributed by atoms with Gasteiger partial charge in [0.1, 0.15) is 0 Å². The summed E-state index contributed by atoms with van der Waals surface area (Å²) in [4.78, 5) is 14.7. The number of halogens is 1. The van der Waals surface area contributed by atoms with Crippen LogP contribution >= 0.6 is 11.6 Å². The summed E-state index contributed by atoms with van der Waals surface area (Å²) in [5, 5.41) is 0.728. The molecule has 104 valence electrons. The molecule has 0 N–H and O–H groups in total. The van der Waals surface area contributed by atoms with Crippen molar-refractivity contribution in [2.45, 2.75) is 44.4 Å². The standard InChI is InChI=1S/C16H22ClNO/c1-3-12-18(2)15(19)16(10-4-5-11-16)13-6-8-14(17)9-7-13/h6-9H,3-5,10-12H2,1-2H3. The molecule has 1 saturated carbocycles. The molecular formula is C16H22ClNO. The van der Waals surface area contributed by atoms with Crippen LogP contribution in [-0.4, -0.2) is 24.4 Å². The van der Waals surface area contributed by atoms with Crippen molar-refractivity contribution in [3.05, 3.63) is 34.9 Å². The van der Waals surface area contributed by atoms with E-state index in [1.54, 1.807) is 0 Å². The third kappa shape index (κ3) is 2.79. The van der Waals surface area contributed by atoms with Crippen molar-refractivity contribution in [2.24, 2.45) is 0 Å². The van der Waals surface area contributed by atoms with E-state index in [-0.39, 0.29) is 11.3 Å². The van der Waals surface area contributed by atoms with Crippen LogP contribution in [0.2, 0.25) is 5.02 Å². The minimum atomic E-state index is -0.311. The molecule has 1 fully saturated rings. The second-order valence-corrected chi connectivity index (χ2v) is 5.96. The summed E-state index contributed by atoms with van der Waals surface area (Å²) in [6, 6.07) is 7.82. The van der Waals surface area contributed by atoms with E-state index in [1.165, 1.54) is 0 Å². The summed E-state index contributed by atoms with van der Waals surface area (Å²) >= 11 is 5.96. The molecule has 0 atom stereocenters. The van der Waals surface area contributed by atoms with Gasteiger partial charge in [-0.3, -0.25) is 4.79 Å². The molecule has 0 aliphatic heterocycles. The first-order chi connectivity index (χ1) is 9.10. The Morgan fingerprint density at radius 1 is 1.26 bits per heavy atom. The third-order valence-electron chi connectivity index (χ3n) is 4.17. The van der Waals surface area contributed by atoms with E-state index in [9.17, 15) is 4.79 Å². The van der Waals surface area contributed by atoms with Gasteiger partial charge in [0, 0.05) is 18.6 Å². The number of hydrogen-bond donors (Lipinski definition) is 0. The van der Waals surface area contributed by atoms with Crippen molar-refractivity contribution < 1.29 is 4.79 Å². The summed E-state index contributed by atoms with van der Waals surface area (Å²) in [5.74, 6) is 0.272. The van der Waals surface area contributed by atoms with Gasteiger partial charge >= 0.3 is 0 Å². The molecule has 0 saturated heterocycles. The zero-order chi connectivity index (χ0) is 13.9. The Kier molecular flexibility index (Phi) is 4.51. The fourth-order valence-electron chi connectivity index (χ4n) is 3.18. The van der Waals surface area contributed by atoms with E-state index in [0.717, 1.165) is 49.2 Å². The smallest absolute Gasteiger partial charge is 0.232 e. The average molecular weight is 280 g/mol. The predicted octanol–water partition coefficient (Wildman–Crippen LogP) is 4.02. The van der Waals surface area contributed by atoms with Crippen molar-refractivity contribution >= 4 is 17.5 Å². The van der Waals surface area contributed by atoms with Crippen molar-refractivity contribution in [2.75, 3.05) is 13.6 Å². The Balaban J connectivity index is 2.32. The first-order valence-corrected chi connectivity index (χ1v) is 7.49. The van der Waals surface area contributed by atoms with Crippen molar-refractivity contribution in [1.29, 1.82) is 0 Å². The van der Waals surface area contributed by atoms with E-state index in [4.69, 9.17) is 11.6 Å². The van der Waals surface area contributed by atoms with Crippen LogP contribution in [0.4, 0.5) is 0 Å². The Bertz CT molecular complexity index is 435. The van der Waals surface area contributed by atoms with Crippen LogP contribution in [-0.2, 0) is 10.2 Å². The lowest BCUT2D eigenvalue weighted by Gasteiger charge is -2.33. The van der Waals surface area contributed by atoms with E-state index >= 15 is 0 Å². The van der Waals surface area contributed by atoms with Gasteiger partial charge in [0.15, 0.2) is 0 Å². The fourth-order valence-corrected chi connectivity index (χ4v) is 3.30. The maximum absolute atomic E-state index is 12.8. The molecule has 0 unspecified atom stereocenters. The van der Waals surface area contributed by atoms with Crippen LogP contribution in [0.5, 0.6) is 0 Å². The Labute approximate surface area is 120 Å². The summed E-state index contributed by atoms with van der Waals surface area (Å²) in [6.07, 6.45) is 5.19. The zero-order valence-electron chi connectivity index (χ0n) is 11.8. The lowest BCUT2D eigenvalue weighted by atomic mass is 9.77. The van der Waals surface area contributed by atoms with Crippen molar-refractivity contribution in [3.8, 4) is 0 Å². The second-order valence-electron chi connectivity index (χ2n) is 5.52. The molecule has 0 heterocycles. The first kappa shape index (κ1) is 14.4. The SMILES string of the molecule is CCCN(C)C(=O)C1(c2ccc(Cl)cc2)CCCC1. The molecular weight excluding hydrogens is 258 g/mol. The number of benzene rings is 1. The molecule has 2 rings (SSSR count). The molecule has 0 spiro atoms. The van der Waals surface area contributed by atoms with Crippen LogP contribution in [0.25, 0.3) is 0 Å². The number of nitrogens with zero attached hydrogens (tertiary/aromatic N) is 1. The molecule has 0 radical (unpaired) electrons. The molecule has 19 heavy (non-hydrogen) atoms. The summed E-state index contributed by atoms with van der Waals surface area (Å²) in [5.41, 5.74) is 0.816. The highest BCUT2D eigenvalue weighted by Crippen LogP contribution is 2.42. The van der Waals surface area contributed by atoms with E-state index in [1.807, 2.05) is 36.2 Å². The largest absolute Gasteiger partial charge is 0.345 e. The number of hydrogen-bond acceptors (Lipinski definition) is 1. The monoisotopic (exact) mass is 279 g/mol. The number of rotatable bonds is 4. The van der Waals surface area contributed by atoms with Crippen LogP contribution in [0.1, 0.15) is 44.6 Å². The van der Waals surface area contributed by atoms with Gasteiger partial charge in [-0.1, -0.05) is 43.5 Å². The van der Waals surface area contributed by atoms with Gasteiger partial charge in [-0.25, -0.2) is 0 Å². The second kappa shape index (κ2) is 5.96. The normalized spacial score (nSPS) is 17.4. The summed E-state index contributed by atoms with van der Waals surface area (Å²) in [6.45, 7) is 2.93. The molecule has 0 aromatic heterocycles. The third-order valence-corrected chi connectivity index (χ3v) is 4.42. The predicted molar refractivity (Wildman–Crippen MR) is 79.5 cm³/mol. The fraction of sp³-hybridized carbons (Fsp3) is 0.562. The van der Waals surface area contributed by atoms with Gasteiger partial charge in [-0.2, -0.15) is 0 Å². The van der Waals surface area contributed by atoms with Gasteiger partial charge in [-0.15, -0.1) is 0 Å². The van der Waals surface area contributed by atoms with E-state index < -0.39 is 0 Å². The van der Waals surface area contributed by atoms with Gasteiger partial charge in [0.25, 0.3) is 0 Å². The minimum absolute atomic E-state index is 0.272. The highest BCUT2D eigenvalue weighted by Gasteiger charge is 2.43. The molecule has 1 aromatic carbocycles. The van der Waals surface area contributed by atoms with Gasteiger partial charge < -0.3 is 4.90 Å². The average Bonchev–Trinajstić information content (AvgIpc) is 2.89. The van der Waals surface area contributed by atoms with Gasteiger partial charge in [-0.05, 0) is 37.0 Å². The zero-order valence-corrected chi connectivity index (χ0v) is 12.5. The van der Waals surface area contributed by atoms with Crippen molar-refractivity contribution in [1.82, 2.24) is 4.90 Å². The minimum Gasteiger partial charge on any atom is -0.345 e. The lowest BCUT2D eigenvalue weighted by molar-refractivity contribution is -0.136. The van der Waals surface area contributed by atoms with Crippen molar-refractivity contribution in [3.63, 3.8) is 0 Å². The maximum atomic E-state index is 12.8. The van der Waals surface area contributed by atoms with Gasteiger partial charge in [0.05, 0.1) is 5.41 Å². The number of amides is 1. The molecule has 1 aliphatic carbocycles. The first-order valence-electron chi connectivity index (χ1n) is 7.12. The van der Waals surface area contributed by atoms with Crippen LogP contribution in [0, 0.1) is 0 Å². The molecule has 2 nitrogen and oxygen atoms in total. The number of likely N-dealkylation sites (N-methyl/N-ethyl adjacent to an activating group) is 1. The maximum Gasteiger partial charge on any atom is 0.232 e. The number of carbonyl (C=O) groups is 1. The van der Waals surface area contributed by atoms with E-state index in [2.05, 4.69) is 6.92 Å². The molecule has 1 aromatic rings. The summed E-state index contributed by atoms with van der Waals surface area (Å²) in [7, 11) is 1.92. The topological polar surface area (TPSA) is 20.3 Å². The highest BCUT2D eigenvalue weighted by molar-refractivity contribution is 6.30. The van der Waals surface area contributed by atoms with Crippen LogP contribution in [0.3, 0.4) is 0 Å². The molecule has 1 aliphatic rings. The van der Waals surface area contributed by atoms with Gasteiger partial charge in [0.2, 0.25) is 5.91 Å². The van der Waals surface area contributed by atoms with Crippen LogP contribution in [0.15, 0.2) is 24.3 Å². The summed E-state index contributed by atoms with van der Waals surface area (Å²) < 4.78 is 0. The number of carbonyl (C=O) groups excluding carboxylic acids is 1. The molecule has 1 amide bonds. The lowest BCUT2D eigenvalue weighted by Crippen LogP contribution is -2.43.